The van der Waals surface area contributed by atoms with Gasteiger partial charge in [-0.25, -0.2) is 9.79 Å². The van der Waals surface area contributed by atoms with Crippen LogP contribution >= 0.6 is 11.3 Å². The van der Waals surface area contributed by atoms with Gasteiger partial charge in [0.15, 0.2) is 0 Å². The number of anilines is 2. The summed E-state index contributed by atoms with van der Waals surface area (Å²) < 4.78 is 0. The number of carbonyl (C=O) groups excluding carboxylic acids is 1. The normalized spacial score (nSPS) is 11.2. The van der Waals surface area contributed by atoms with Crippen molar-refractivity contribution in [2.75, 3.05) is 30.9 Å². The van der Waals surface area contributed by atoms with Crippen LogP contribution in [-0.2, 0) is 6.42 Å². The van der Waals surface area contributed by atoms with Crippen molar-refractivity contribution in [3.8, 4) is 0 Å². The van der Waals surface area contributed by atoms with Crippen LogP contribution in [0.1, 0.15) is 10.4 Å². The first-order valence-electron chi connectivity index (χ1n) is 9.30. The zero-order chi connectivity index (χ0) is 20.6. The molecule has 0 aliphatic heterocycles. The van der Waals surface area contributed by atoms with Gasteiger partial charge in [0.2, 0.25) is 0 Å². The molecule has 0 atom stereocenters. The van der Waals surface area contributed by atoms with Crippen LogP contribution in [0.15, 0.2) is 71.0 Å². The largest absolute Gasteiger partial charge is 0.383 e. The van der Waals surface area contributed by atoms with Crippen molar-refractivity contribution < 1.29 is 4.79 Å². The summed E-state index contributed by atoms with van der Waals surface area (Å²) in [6.07, 6.45) is 0.734. The number of amidine groups is 1. The predicted octanol–water partition coefficient (Wildman–Crippen LogP) is 4.22. The average Bonchev–Trinajstić information content (AvgIpc) is 3.25. The summed E-state index contributed by atoms with van der Waals surface area (Å²) in [7, 11) is 3.96. The number of urea groups is 1. The van der Waals surface area contributed by atoms with Gasteiger partial charge in [-0.15, -0.1) is 11.3 Å². The van der Waals surface area contributed by atoms with Gasteiger partial charge < -0.3 is 21.3 Å². The lowest BCUT2D eigenvalue weighted by Crippen LogP contribution is -2.30. The minimum absolute atomic E-state index is 0.215. The zero-order valence-electron chi connectivity index (χ0n) is 16.6. The molecule has 0 spiro atoms. The number of benzene rings is 2. The van der Waals surface area contributed by atoms with Crippen LogP contribution in [0.2, 0.25) is 0 Å². The standard InChI is InChI=1S/C22H25N5OS/c1-27(2)19-11-9-18(10-12-19)26-22(28)24-14-13-16-5-7-17(8-6-16)25-21(23)20-4-3-15-29-20/h3-12,15H,13-14H2,1-2H3,(H2,23,25)(H2,24,26,28). The van der Waals surface area contributed by atoms with E-state index in [2.05, 4.69) is 15.6 Å². The summed E-state index contributed by atoms with van der Waals surface area (Å²) in [5.41, 5.74) is 9.79. The molecule has 0 aliphatic carbocycles. The quantitative estimate of drug-likeness (QED) is 0.405. The fraction of sp³-hybridized carbons (Fsp3) is 0.182. The summed E-state index contributed by atoms with van der Waals surface area (Å²) in [5.74, 6) is 0.518. The van der Waals surface area contributed by atoms with E-state index >= 15 is 0 Å². The van der Waals surface area contributed by atoms with E-state index in [1.165, 1.54) is 0 Å². The first kappa shape index (κ1) is 20.4. The monoisotopic (exact) mass is 407 g/mol. The molecule has 2 aromatic carbocycles. The van der Waals surface area contributed by atoms with Crippen LogP contribution in [0.4, 0.5) is 21.9 Å². The van der Waals surface area contributed by atoms with Crippen molar-refractivity contribution in [3.63, 3.8) is 0 Å². The molecule has 0 bridgehead atoms. The molecule has 4 N–H and O–H groups in total. The Morgan fingerprint density at radius 3 is 2.41 bits per heavy atom. The molecule has 7 heteroatoms. The first-order valence-corrected chi connectivity index (χ1v) is 10.2. The van der Waals surface area contributed by atoms with Crippen LogP contribution < -0.4 is 21.3 Å². The van der Waals surface area contributed by atoms with Gasteiger partial charge >= 0.3 is 6.03 Å². The molecule has 29 heavy (non-hydrogen) atoms. The number of carbonyl (C=O) groups is 1. The van der Waals surface area contributed by atoms with Crippen molar-refractivity contribution in [1.82, 2.24) is 5.32 Å². The molecule has 2 amide bonds. The minimum atomic E-state index is -0.215. The van der Waals surface area contributed by atoms with Crippen LogP contribution in [0, 0.1) is 0 Å². The Labute approximate surface area is 175 Å². The number of thiophene rings is 1. The number of amides is 2. The second-order valence-electron chi connectivity index (χ2n) is 6.71. The highest BCUT2D eigenvalue weighted by atomic mass is 32.1. The highest BCUT2D eigenvalue weighted by Crippen LogP contribution is 2.17. The first-order chi connectivity index (χ1) is 14.0. The molecule has 0 saturated heterocycles. The molecular formula is C22H25N5OS. The summed E-state index contributed by atoms with van der Waals surface area (Å²) in [6.45, 7) is 0.543. The molecule has 0 radical (unpaired) electrons. The fourth-order valence-corrected chi connectivity index (χ4v) is 3.32. The molecule has 150 valence electrons. The Hall–Kier alpha value is -3.32. The fourth-order valence-electron chi connectivity index (χ4n) is 2.69. The number of aliphatic imine (C=N–C) groups is 1. The number of rotatable bonds is 7. The second-order valence-corrected chi connectivity index (χ2v) is 7.66. The minimum Gasteiger partial charge on any atom is -0.383 e. The van der Waals surface area contributed by atoms with E-state index in [4.69, 9.17) is 5.73 Å². The van der Waals surface area contributed by atoms with Crippen molar-refractivity contribution in [1.29, 1.82) is 0 Å². The summed E-state index contributed by atoms with van der Waals surface area (Å²) in [5, 5.41) is 7.69. The molecule has 1 aromatic heterocycles. The molecule has 0 fully saturated rings. The average molecular weight is 408 g/mol. The van der Waals surface area contributed by atoms with Crippen molar-refractivity contribution in [2.45, 2.75) is 6.42 Å². The Morgan fingerprint density at radius 1 is 1.07 bits per heavy atom. The van der Waals surface area contributed by atoms with E-state index in [9.17, 15) is 4.79 Å². The smallest absolute Gasteiger partial charge is 0.319 e. The van der Waals surface area contributed by atoms with E-state index < -0.39 is 0 Å². The molecule has 3 aromatic rings. The van der Waals surface area contributed by atoms with Crippen molar-refractivity contribution in [3.05, 3.63) is 76.5 Å². The van der Waals surface area contributed by atoms with E-state index in [0.29, 0.717) is 12.4 Å². The van der Waals surface area contributed by atoms with Gasteiger partial charge in [-0.1, -0.05) is 18.2 Å². The van der Waals surface area contributed by atoms with Gasteiger partial charge in [0.05, 0.1) is 10.6 Å². The highest BCUT2D eigenvalue weighted by molar-refractivity contribution is 7.12. The van der Waals surface area contributed by atoms with E-state index in [1.54, 1.807) is 11.3 Å². The van der Waals surface area contributed by atoms with Crippen LogP contribution in [0.3, 0.4) is 0 Å². The number of hydrogen-bond acceptors (Lipinski definition) is 4. The van der Waals surface area contributed by atoms with Gasteiger partial charge in [0.1, 0.15) is 5.84 Å². The number of nitrogens with zero attached hydrogens (tertiary/aromatic N) is 2. The number of nitrogens with one attached hydrogen (secondary N) is 2. The maximum atomic E-state index is 12.0. The van der Waals surface area contributed by atoms with Crippen LogP contribution in [0.5, 0.6) is 0 Å². The lowest BCUT2D eigenvalue weighted by Gasteiger charge is -2.13. The molecule has 0 saturated carbocycles. The van der Waals surface area contributed by atoms with Crippen LogP contribution in [0.25, 0.3) is 0 Å². The molecule has 0 aliphatic rings. The third-order valence-corrected chi connectivity index (χ3v) is 5.19. The van der Waals surface area contributed by atoms with E-state index in [0.717, 1.165) is 33.9 Å². The third kappa shape index (κ3) is 6.08. The van der Waals surface area contributed by atoms with Gasteiger partial charge in [-0.05, 0) is 59.8 Å². The van der Waals surface area contributed by atoms with Crippen molar-refractivity contribution in [2.24, 2.45) is 10.7 Å². The summed E-state index contributed by atoms with van der Waals surface area (Å²) in [4.78, 5) is 19.5. The Kier molecular flexibility index (Phi) is 6.86. The Bertz CT molecular complexity index is 948. The zero-order valence-corrected chi connectivity index (χ0v) is 17.4. The van der Waals surface area contributed by atoms with E-state index in [1.807, 2.05) is 85.0 Å². The Morgan fingerprint density at radius 2 is 1.79 bits per heavy atom. The second kappa shape index (κ2) is 9.75. The highest BCUT2D eigenvalue weighted by Gasteiger charge is 2.03. The number of nitrogens with two attached hydrogens (primary N) is 1. The van der Waals surface area contributed by atoms with E-state index in [-0.39, 0.29) is 6.03 Å². The van der Waals surface area contributed by atoms with Gasteiger partial charge in [-0.2, -0.15) is 0 Å². The van der Waals surface area contributed by atoms with Gasteiger partial charge in [0, 0.05) is 32.0 Å². The lowest BCUT2D eigenvalue weighted by molar-refractivity contribution is 0.252. The molecule has 3 rings (SSSR count). The van der Waals surface area contributed by atoms with Gasteiger partial charge in [-0.3, -0.25) is 0 Å². The topological polar surface area (TPSA) is 82.8 Å². The van der Waals surface area contributed by atoms with Crippen molar-refractivity contribution >= 4 is 40.3 Å². The Balaban J connectivity index is 1.45. The third-order valence-electron chi connectivity index (χ3n) is 4.30. The SMILES string of the molecule is CN(C)c1ccc(NC(=O)NCCc2ccc(N=C(N)c3cccs3)cc2)cc1. The molecular weight excluding hydrogens is 382 g/mol. The van der Waals surface area contributed by atoms with Gasteiger partial charge in [0.25, 0.3) is 0 Å². The predicted molar refractivity (Wildman–Crippen MR) is 123 cm³/mol. The molecule has 0 unspecified atom stereocenters. The lowest BCUT2D eigenvalue weighted by atomic mass is 10.1. The van der Waals surface area contributed by atoms with Crippen LogP contribution in [-0.4, -0.2) is 32.5 Å². The molecule has 6 nitrogen and oxygen atoms in total. The molecule has 1 heterocycles. The maximum Gasteiger partial charge on any atom is 0.319 e. The number of hydrogen-bond donors (Lipinski definition) is 3. The summed E-state index contributed by atoms with van der Waals surface area (Å²) in [6, 6.07) is 19.2. The maximum absolute atomic E-state index is 12.0. The summed E-state index contributed by atoms with van der Waals surface area (Å²) >= 11 is 1.57.